The number of amides is 1. The molecule has 0 radical (unpaired) electrons. The van der Waals surface area contributed by atoms with Gasteiger partial charge in [0.1, 0.15) is 11.6 Å². The van der Waals surface area contributed by atoms with E-state index in [1.54, 1.807) is 24.3 Å². The first-order chi connectivity index (χ1) is 11.4. The van der Waals surface area contributed by atoms with Crippen molar-refractivity contribution in [2.24, 2.45) is 0 Å². The standard InChI is InChI=1S/C17H14ClF2NO3/c1-24-16(22)9-15(11-4-2-3-5-13(11)18)21-17(23)12-8-10(19)6-7-14(12)20/h2-8,15H,9H2,1H3,(H,21,23). The van der Waals surface area contributed by atoms with Gasteiger partial charge in [0.25, 0.3) is 5.91 Å². The van der Waals surface area contributed by atoms with Crippen LogP contribution in [0.1, 0.15) is 28.4 Å². The van der Waals surface area contributed by atoms with Gasteiger partial charge in [-0.15, -0.1) is 0 Å². The van der Waals surface area contributed by atoms with Crippen LogP contribution in [0.3, 0.4) is 0 Å². The summed E-state index contributed by atoms with van der Waals surface area (Å²) in [6.07, 6.45) is -0.205. The van der Waals surface area contributed by atoms with Crippen LogP contribution in [0.4, 0.5) is 8.78 Å². The van der Waals surface area contributed by atoms with Crippen LogP contribution < -0.4 is 5.32 Å². The van der Waals surface area contributed by atoms with E-state index in [1.165, 1.54) is 7.11 Å². The molecule has 0 aliphatic rings. The maximum absolute atomic E-state index is 13.7. The monoisotopic (exact) mass is 353 g/mol. The number of benzene rings is 2. The van der Waals surface area contributed by atoms with Gasteiger partial charge in [0.05, 0.1) is 25.1 Å². The largest absolute Gasteiger partial charge is 0.469 e. The molecule has 1 amide bonds. The molecule has 0 saturated carbocycles. The summed E-state index contributed by atoms with van der Waals surface area (Å²) in [7, 11) is 1.21. The summed E-state index contributed by atoms with van der Waals surface area (Å²) in [6.45, 7) is 0. The molecule has 126 valence electrons. The maximum Gasteiger partial charge on any atom is 0.307 e. The first-order valence-electron chi connectivity index (χ1n) is 6.99. The molecule has 2 aromatic rings. The highest BCUT2D eigenvalue weighted by Gasteiger charge is 2.23. The Hall–Kier alpha value is -2.47. The zero-order valence-corrected chi connectivity index (χ0v) is 13.4. The van der Waals surface area contributed by atoms with Crippen molar-refractivity contribution in [2.45, 2.75) is 12.5 Å². The first kappa shape index (κ1) is 17.9. The zero-order valence-electron chi connectivity index (χ0n) is 12.7. The molecule has 0 aliphatic heterocycles. The third-order valence-electron chi connectivity index (χ3n) is 3.36. The molecular formula is C17H14ClF2NO3. The third-order valence-corrected chi connectivity index (χ3v) is 3.70. The fourth-order valence-corrected chi connectivity index (χ4v) is 2.42. The summed E-state index contributed by atoms with van der Waals surface area (Å²) in [5.74, 6) is -3.06. The lowest BCUT2D eigenvalue weighted by Gasteiger charge is -2.19. The molecule has 7 heteroatoms. The van der Waals surface area contributed by atoms with Crippen LogP contribution >= 0.6 is 11.6 Å². The van der Waals surface area contributed by atoms with E-state index in [-0.39, 0.29) is 6.42 Å². The van der Waals surface area contributed by atoms with Crippen LogP contribution in [-0.4, -0.2) is 19.0 Å². The van der Waals surface area contributed by atoms with Crippen LogP contribution in [0.2, 0.25) is 5.02 Å². The van der Waals surface area contributed by atoms with Gasteiger partial charge in [-0.1, -0.05) is 29.8 Å². The van der Waals surface area contributed by atoms with Crippen molar-refractivity contribution in [3.05, 3.63) is 70.2 Å². The predicted octanol–water partition coefficient (Wildman–Crippen LogP) is 3.65. The molecule has 0 fully saturated rings. The van der Waals surface area contributed by atoms with Gasteiger partial charge < -0.3 is 10.1 Å². The van der Waals surface area contributed by atoms with Gasteiger partial charge in [0.15, 0.2) is 0 Å². The van der Waals surface area contributed by atoms with Crippen molar-refractivity contribution < 1.29 is 23.1 Å². The van der Waals surface area contributed by atoms with Crippen LogP contribution in [0, 0.1) is 11.6 Å². The van der Waals surface area contributed by atoms with Crippen molar-refractivity contribution in [1.29, 1.82) is 0 Å². The number of hydrogen-bond donors (Lipinski definition) is 1. The molecule has 2 rings (SSSR count). The summed E-state index contributed by atoms with van der Waals surface area (Å²) in [5, 5.41) is 2.82. The van der Waals surface area contributed by atoms with Crippen LogP contribution in [0.25, 0.3) is 0 Å². The summed E-state index contributed by atoms with van der Waals surface area (Å²) in [6, 6.07) is 8.29. The number of rotatable bonds is 5. The normalized spacial score (nSPS) is 11.7. The number of ether oxygens (including phenoxy) is 1. The van der Waals surface area contributed by atoms with Crippen molar-refractivity contribution in [3.8, 4) is 0 Å². The van der Waals surface area contributed by atoms with Crippen LogP contribution in [-0.2, 0) is 9.53 Å². The van der Waals surface area contributed by atoms with E-state index in [1.807, 2.05) is 0 Å². The Kier molecular flexibility index (Phi) is 5.87. The number of halogens is 3. The Balaban J connectivity index is 2.31. The summed E-state index contributed by atoms with van der Waals surface area (Å²) in [5.41, 5.74) is 0.00615. The van der Waals surface area contributed by atoms with E-state index >= 15 is 0 Å². The third kappa shape index (κ3) is 4.29. The van der Waals surface area contributed by atoms with Crippen molar-refractivity contribution in [3.63, 3.8) is 0 Å². The van der Waals surface area contributed by atoms with Gasteiger partial charge in [-0.3, -0.25) is 9.59 Å². The molecule has 0 spiro atoms. The fourth-order valence-electron chi connectivity index (χ4n) is 2.15. The number of carbonyl (C=O) groups excluding carboxylic acids is 2. The SMILES string of the molecule is COC(=O)CC(NC(=O)c1cc(F)ccc1F)c1ccccc1Cl. The first-order valence-corrected chi connectivity index (χ1v) is 7.37. The minimum absolute atomic E-state index is 0.205. The molecule has 0 aromatic heterocycles. The van der Waals surface area contributed by atoms with E-state index in [2.05, 4.69) is 10.1 Å². The molecule has 1 atom stereocenters. The number of hydrogen-bond acceptors (Lipinski definition) is 3. The van der Waals surface area contributed by atoms with E-state index < -0.39 is 35.1 Å². The van der Waals surface area contributed by atoms with Crippen LogP contribution in [0.15, 0.2) is 42.5 Å². The smallest absolute Gasteiger partial charge is 0.307 e. The molecule has 0 bridgehead atoms. The van der Waals surface area contributed by atoms with Crippen molar-refractivity contribution >= 4 is 23.5 Å². The molecular weight excluding hydrogens is 340 g/mol. The Bertz CT molecular complexity index is 767. The van der Waals surface area contributed by atoms with E-state index in [0.29, 0.717) is 10.6 Å². The molecule has 1 N–H and O–H groups in total. The second-order valence-corrected chi connectivity index (χ2v) is 5.36. The minimum Gasteiger partial charge on any atom is -0.469 e. The van der Waals surface area contributed by atoms with E-state index in [0.717, 1.165) is 18.2 Å². The van der Waals surface area contributed by atoms with Gasteiger partial charge in [0, 0.05) is 5.02 Å². The van der Waals surface area contributed by atoms with Gasteiger partial charge in [-0.2, -0.15) is 0 Å². The topological polar surface area (TPSA) is 55.4 Å². The highest BCUT2D eigenvalue weighted by atomic mass is 35.5. The lowest BCUT2D eigenvalue weighted by molar-refractivity contribution is -0.141. The highest BCUT2D eigenvalue weighted by Crippen LogP contribution is 2.26. The number of esters is 1. The van der Waals surface area contributed by atoms with Gasteiger partial charge in [-0.25, -0.2) is 8.78 Å². The average molecular weight is 354 g/mol. The lowest BCUT2D eigenvalue weighted by Crippen LogP contribution is -2.31. The summed E-state index contributed by atoms with van der Waals surface area (Å²) >= 11 is 6.09. The lowest BCUT2D eigenvalue weighted by atomic mass is 10.0. The quantitative estimate of drug-likeness (QED) is 0.835. The van der Waals surface area contributed by atoms with E-state index in [9.17, 15) is 18.4 Å². The molecule has 4 nitrogen and oxygen atoms in total. The zero-order chi connectivity index (χ0) is 17.7. The highest BCUT2D eigenvalue weighted by molar-refractivity contribution is 6.31. The Morgan fingerprint density at radius 2 is 1.92 bits per heavy atom. The van der Waals surface area contributed by atoms with Crippen LogP contribution in [0.5, 0.6) is 0 Å². The minimum atomic E-state index is -0.870. The molecule has 2 aromatic carbocycles. The molecule has 0 heterocycles. The Morgan fingerprint density at radius 3 is 2.58 bits per heavy atom. The molecule has 0 aliphatic carbocycles. The van der Waals surface area contributed by atoms with Gasteiger partial charge >= 0.3 is 5.97 Å². The van der Waals surface area contributed by atoms with E-state index in [4.69, 9.17) is 11.6 Å². The van der Waals surface area contributed by atoms with Crippen molar-refractivity contribution in [2.75, 3.05) is 7.11 Å². The van der Waals surface area contributed by atoms with Gasteiger partial charge in [-0.05, 0) is 29.8 Å². The van der Waals surface area contributed by atoms with Gasteiger partial charge in [0.2, 0.25) is 0 Å². The second-order valence-electron chi connectivity index (χ2n) is 4.95. The summed E-state index contributed by atoms with van der Waals surface area (Å²) < 4.78 is 31.6. The number of nitrogens with one attached hydrogen (secondary N) is 1. The fraction of sp³-hybridized carbons (Fsp3) is 0.176. The van der Waals surface area contributed by atoms with Crippen molar-refractivity contribution in [1.82, 2.24) is 5.32 Å². The maximum atomic E-state index is 13.7. The Labute approximate surface area is 142 Å². The molecule has 24 heavy (non-hydrogen) atoms. The summed E-state index contributed by atoms with van der Waals surface area (Å²) in [4.78, 5) is 23.9. The Morgan fingerprint density at radius 1 is 1.21 bits per heavy atom. The number of carbonyl (C=O) groups is 2. The predicted molar refractivity (Wildman–Crippen MR) is 84.7 cm³/mol. The second kappa shape index (κ2) is 7.88. The number of methoxy groups -OCH3 is 1. The average Bonchev–Trinajstić information content (AvgIpc) is 2.56. The molecule has 0 saturated heterocycles. The molecule has 1 unspecified atom stereocenters.